The molecule has 1 saturated carbocycles. The Kier molecular flexibility index (Phi) is 9.26. The number of aromatic hydroxyl groups is 1. The number of rotatable bonds is 9. The molecule has 4 atom stereocenters. The Morgan fingerprint density at radius 2 is 1.65 bits per heavy atom. The van der Waals surface area contributed by atoms with Crippen LogP contribution in [0.25, 0.3) is 11.0 Å². The maximum atomic E-state index is 15.2. The number of nitrogens with zero attached hydrogens (tertiary/aromatic N) is 6. The molecule has 4 unspecified atom stereocenters. The minimum atomic E-state index is -1.63. The molecule has 3 aliphatic rings. The number of amides is 2. The van der Waals surface area contributed by atoms with Crippen LogP contribution in [-0.2, 0) is 41.6 Å². The average Bonchev–Trinajstić information content (AvgIpc) is 3.62. The summed E-state index contributed by atoms with van der Waals surface area (Å²) < 4.78 is 29.8. The molecule has 6 aromatic rings. The van der Waals surface area contributed by atoms with Crippen molar-refractivity contribution in [1.29, 1.82) is 0 Å². The number of hydrogen-bond donors (Lipinski definition) is 2. The molecule has 0 radical (unpaired) electrons. The van der Waals surface area contributed by atoms with Gasteiger partial charge < -0.3 is 19.1 Å². The molecule has 9 rings (SSSR count). The van der Waals surface area contributed by atoms with Crippen LogP contribution in [0.5, 0.6) is 17.2 Å². The fraction of sp³-hybridized carbons (Fsp3) is 0.256. The highest BCUT2D eigenvalue weighted by Crippen LogP contribution is 2.62. The number of aryl methyl sites for hydroxylation is 2. The molecule has 4 aromatic carbocycles. The second-order valence-corrected chi connectivity index (χ2v) is 15.5. The van der Waals surface area contributed by atoms with Crippen molar-refractivity contribution in [2.24, 2.45) is 13.0 Å². The Labute approximate surface area is 345 Å². The number of benzene rings is 4. The number of allylic oxidation sites excluding steroid dienone is 2. The molecule has 306 valence electrons. The number of imide groups is 1. The van der Waals surface area contributed by atoms with Crippen LogP contribution in [0.1, 0.15) is 35.2 Å². The predicted octanol–water partition coefficient (Wildman–Crippen LogP) is 4.44. The molecule has 1 saturated heterocycles. The fourth-order valence-corrected chi connectivity index (χ4v) is 9.45. The van der Waals surface area contributed by atoms with Gasteiger partial charge in [-0.1, -0.05) is 41.9 Å². The number of phenols is 1. The number of phenolic OH excluding ortho intramolecular Hbond substituents is 1. The quantitative estimate of drug-likeness (QED) is 0.157. The van der Waals surface area contributed by atoms with Crippen molar-refractivity contribution in [2.45, 2.75) is 43.3 Å². The summed E-state index contributed by atoms with van der Waals surface area (Å²) in [5.74, 6) is -3.04. The first kappa shape index (κ1) is 38.6. The summed E-state index contributed by atoms with van der Waals surface area (Å²) in [6, 6.07) is 20.6. The first-order chi connectivity index (χ1) is 28.9. The van der Waals surface area contributed by atoms with E-state index in [4.69, 9.17) is 21.1 Å². The van der Waals surface area contributed by atoms with E-state index in [1.54, 1.807) is 61.7 Å². The first-order valence-corrected chi connectivity index (χ1v) is 19.4. The van der Waals surface area contributed by atoms with Crippen LogP contribution in [0.15, 0.2) is 111 Å². The van der Waals surface area contributed by atoms with Crippen LogP contribution in [0.2, 0.25) is 5.02 Å². The molecule has 2 N–H and O–H groups in total. The molecule has 2 fully saturated rings. The van der Waals surface area contributed by atoms with Gasteiger partial charge in [-0.25, -0.2) is 32.9 Å². The van der Waals surface area contributed by atoms with E-state index in [1.165, 1.54) is 64.5 Å². The largest absolute Gasteiger partial charge is 0.508 e. The number of hydrazine groups is 1. The molecule has 17 heteroatoms. The second-order valence-electron chi connectivity index (χ2n) is 15.0. The van der Waals surface area contributed by atoms with Crippen LogP contribution >= 0.6 is 11.6 Å². The number of carbonyl (C=O) groups excluding carboxylic acids is 2. The third-order valence-corrected chi connectivity index (χ3v) is 12.3. The van der Waals surface area contributed by atoms with Crippen molar-refractivity contribution in [1.82, 2.24) is 28.5 Å². The fourth-order valence-electron chi connectivity index (χ4n) is 9.33. The molecule has 4 heterocycles. The van der Waals surface area contributed by atoms with Crippen molar-refractivity contribution in [3.63, 3.8) is 0 Å². The summed E-state index contributed by atoms with van der Waals surface area (Å²) in [7, 11) is 4.56. The molecule has 2 aliphatic heterocycles. The molecule has 60 heavy (non-hydrogen) atoms. The van der Waals surface area contributed by atoms with Crippen LogP contribution < -0.4 is 31.8 Å². The Hall–Kier alpha value is -6.94. The molecule has 1 aliphatic carbocycles. The third kappa shape index (κ3) is 5.76. The minimum Gasteiger partial charge on any atom is -0.508 e. The van der Waals surface area contributed by atoms with E-state index in [0.29, 0.717) is 44.3 Å². The molecule has 2 aromatic heterocycles. The number of anilines is 1. The number of halogens is 2. The van der Waals surface area contributed by atoms with Gasteiger partial charge in [-0.3, -0.25) is 19.8 Å². The highest BCUT2D eigenvalue weighted by molar-refractivity contribution is 6.30. The van der Waals surface area contributed by atoms with Gasteiger partial charge in [-0.05, 0) is 71.7 Å². The highest BCUT2D eigenvalue weighted by atomic mass is 35.5. The van der Waals surface area contributed by atoms with Crippen molar-refractivity contribution in [3.8, 4) is 17.2 Å². The number of ether oxygens (including phenoxy) is 2. The monoisotopic (exact) mass is 833 g/mol. The zero-order valence-corrected chi connectivity index (χ0v) is 33.2. The minimum absolute atomic E-state index is 0.0547. The summed E-state index contributed by atoms with van der Waals surface area (Å²) in [6.45, 7) is -0.241. The summed E-state index contributed by atoms with van der Waals surface area (Å²) in [6.07, 6.45) is 1.66. The Bertz CT molecular complexity index is 2970. The Morgan fingerprint density at radius 3 is 2.35 bits per heavy atom. The first-order valence-electron chi connectivity index (χ1n) is 19.1. The normalized spacial score (nSPS) is 20.7. The number of nitrogens with one attached hydrogen (secondary N) is 1. The number of hydrogen-bond acceptors (Lipinski definition) is 10. The van der Waals surface area contributed by atoms with Gasteiger partial charge in [0.15, 0.2) is 11.5 Å². The van der Waals surface area contributed by atoms with Gasteiger partial charge in [0.2, 0.25) is 0 Å². The topological polar surface area (TPSA) is 172 Å². The zero-order valence-electron chi connectivity index (χ0n) is 32.5. The van der Waals surface area contributed by atoms with E-state index in [0.717, 1.165) is 9.58 Å². The van der Waals surface area contributed by atoms with Gasteiger partial charge >= 0.3 is 11.4 Å². The molecular weight excluding hydrogens is 797 g/mol. The van der Waals surface area contributed by atoms with E-state index in [-0.39, 0.29) is 43.1 Å². The molecule has 15 nitrogen and oxygen atoms in total. The Morgan fingerprint density at radius 1 is 0.933 bits per heavy atom. The molecule has 2 amide bonds. The summed E-state index contributed by atoms with van der Waals surface area (Å²) >= 11 is 6.36. The van der Waals surface area contributed by atoms with E-state index >= 15 is 4.79 Å². The standard InChI is InChI=1S/C43H37ClFN7O8/c1-48-34-22-36(60-3)35(59-2)21-32(34)46-31(39(48)55)16-17-49-41(57)50-18-15-29-33(52(50)42(49)58)20-30-38(54)51(47-27-13-11-26(45)12-14-27)40(56)43(30,24-7-9-25(44)10-8-24)37(29)23-5-4-6-28(53)19-23/h4-15,19,21-22,30,33,37,47,53H,16-18,20H2,1-3H3. The average molecular weight is 834 g/mol. The molecule has 0 spiro atoms. The summed E-state index contributed by atoms with van der Waals surface area (Å²) in [5, 5.41) is 12.1. The zero-order chi connectivity index (χ0) is 42.2. The van der Waals surface area contributed by atoms with Crippen molar-refractivity contribution >= 4 is 40.1 Å². The number of carbonyl (C=O) groups is 2. The SMILES string of the molecule is COc1cc2nc(CCn3c(=O)n4n(c3=O)C3CC5C(=O)N(Nc6ccc(F)cc6)C(=O)C5(c5ccc(Cl)cc5)C(c5cccc(O)c5)C3=CC4)c(=O)n(C)c2cc1OC. The van der Waals surface area contributed by atoms with Crippen LogP contribution in [0.4, 0.5) is 10.1 Å². The van der Waals surface area contributed by atoms with Gasteiger partial charge in [0.1, 0.15) is 17.3 Å². The van der Waals surface area contributed by atoms with E-state index in [2.05, 4.69) is 10.4 Å². The summed E-state index contributed by atoms with van der Waals surface area (Å²) in [4.78, 5) is 76.8. The van der Waals surface area contributed by atoms with Crippen LogP contribution in [0.3, 0.4) is 0 Å². The van der Waals surface area contributed by atoms with E-state index in [9.17, 15) is 28.7 Å². The van der Waals surface area contributed by atoms with Crippen molar-refractivity contribution in [2.75, 3.05) is 19.6 Å². The van der Waals surface area contributed by atoms with Gasteiger partial charge in [0, 0.05) is 43.1 Å². The third-order valence-electron chi connectivity index (χ3n) is 12.0. The molecular formula is C43H37ClFN7O8. The highest BCUT2D eigenvalue weighted by Gasteiger charge is 2.68. The van der Waals surface area contributed by atoms with Crippen molar-refractivity contribution < 1.29 is 28.6 Å². The lowest BCUT2D eigenvalue weighted by molar-refractivity contribution is -0.138. The number of aromatic nitrogens is 5. The maximum absolute atomic E-state index is 15.2. The number of fused-ring (bicyclic) bond motifs is 5. The predicted molar refractivity (Wildman–Crippen MR) is 218 cm³/mol. The lowest BCUT2D eigenvalue weighted by Gasteiger charge is -2.49. The van der Waals surface area contributed by atoms with Gasteiger partial charge in [0.05, 0.1) is 54.9 Å². The molecule has 0 bridgehead atoms. The van der Waals surface area contributed by atoms with Crippen molar-refractivity contribution in [3.05, 3.63) is 156 Å². The lowest BCUT2D eigenvalue weighted by atomic mass is 9.53. The van der Waals surface area contributed by atoms with Gasteiger partial charge in [0.25, 0.3) is 17.4 Å². The number of methoxy groups -OCH3 is 2. The summed E-state index contributed by atoms with van der Waals surface area (Å²) in [5.41, 5.74) is 2.45. The van der Waals surface area contributed by atoms with Gasteiger partial charge in [-0.2, -0.15) is 5.01 Å². The maximum Gasteiger partial charge on any atom is 0.347 e. The van der Waals surface area contributed by atoms with E-state index < -0.39 is 57.9 Å². The second kappa shape index (κ2) is 14.4. The lowest BCUT2D eigenvalue weighted by Crippen LogP contribution is -2.53. The Balaban J connectivity index is 1.16. The van der Waals surface area contributed by atoms with E-state index in [1.807, 2.05) is 0 Å². The van der Waals surface area contributed by atoms with Gasteiger partial charge in [-0.15, -0.1) is 0 Å². The van der Waals surface area contributed by atoms with Crippen LogP contribution in [0, 0.1) is 11.7 Å². The van der Waals surface area contributed by atoms with Crippen LogP contribution in [-0.4, -0.2) is 59.6 Å². The smallest absolute Gasteiger partial charge is 0.347 e.